The third-order valence-electron chi connectivity index (χ3n) is 3.98. The lowest BCUT2D eigenvalue weighted by Crippen LogP contribution is -2.38. The Morgan fingerprint density at radius 3 is 2.86 bits per heavy atom. The molecule has 2 atom stereocenters. The molecule has 2 unspecified atom stereocenters. The molecule has 3 heterocycles. The number of rotatable bonds is 3. The number of hydrogen-bond acceptors (Lipinski definition) is 6. The lowest BCUT2D eigenvalue weighted by Gasteiger charge is -2.28. The SMILES string of the molecule is CC1=NC(C)C(C)=C2CC(NS(=O)(=O)c3ncco3)CN12. The Morgan fingerprint density at radius 2 is 2.19 bits per heavy atom. The van der Waals surface area contributed by atoms with Crippen molar-refractivity contribution in [3.63, 3.8) is 0 Å². The van der Waals surface area contributed by atoms with E-state index in [0.29, 0.717) is 13.0 Å². The molecule has 0 radical (unpaired) electrons. The van der Waals surface area contributed by atoms with Crippen LogP contribution in [0.4, 0.5) is 0 Å². The summed E-state index contributed by atoms with van der Waals surface area (Å²) in [6.45, 7) is 6.63. The van der Waals surface area contributed by atoms with Crippen LogP contribution in [0.15, 0.2) is 38.4 Å². The molecule has 21 heavy (non-hydrogen) atoms. The van der Waals surface area contributed by atoms with E-state index < -0.39 is 10.0 Å². The number of fused-ring (bicyclic) bond motifs is 1. The average molecular weight is 310 g/mol. The molecule has 1 N–H and O–H groups in total. The molecule has 0 aromatic carbocycles. The molecule has 114 valence electrons. The summed E-state index contributed by atoms with van der Waals surface area (Å²) in [5, 5.41) is -0.295. The predicted molar refractivity (Wildman–Crippen MR) is 77.2 cm³/mol. The zero-order chi connectivity index (χ0) is 15.2. The minimum Gasteiger partial charge on any atom is -0.436 e. The third kappa shape index (κ3) is 2.49. The van der Waals surface area contributed by atoms with Gasteiger partial charge in [0.05, 0.1) is 12.2 Å². The van der Waals surface area contributed by atoms with E-state index in [-0.39, 0.29) is 17.3 Å². The molecule has 1 aromatic rings. The standard InChI is InChI=1S/C13H18N4O3S/c1-8-9(2)15-10(3)17-7-11(6-12(8)17)16-21(18,19)13-14-4-5-20-13/h4-5,9,11,16H,6-7H2,1-3H3. The fourth-order valence-electron chi connectivity index (χ4n) is 2.82. The summed E-state index contributed by atoms with van der Waals surface area (Å²) in [7, 11) is -3.71. The van der Waals surface area contributed by atoms with Crippen molar-refractivity contribution < 1.29 is 12.8 Å². The van der Waals surface area contributed by atoms with Crippen LogP contribution in [0.5, 0.6) is 0 Å². The highest BCUT2D eigenvalue weighted by Gasteiger charge is 2.36. The summed E-state index contributed by atoms with van der Waals surface area (Å²) in [4.78, 5) is 10.3. The molecule has 2 aliphatic heterocycles. The Hall–Kier alpha value is -1.67. The van der Waals surface area contributed by atoms with Crippen molar-refractivity contribution in [2.75, 3.05) is 6.54 Å². The number of aliphatic imine (C=N–C) groups is 1. The topological polar surface area (TPSA) is 87.8 Å². The molecule has 0 saturated carbocycles. The highest BCUT2D eigenvalue weighted by molar-refractivity contribution is 7.89. The van der Waals surface area contributed by atoms with Crippen molar-refractivity contribution in [3.05, 3.63) is 23.7 Å². The molecule has 0 amide bonds. The molecule has 1 aromatic heterocycles. The lowest BCUT2D eigenvalue weighted by atomic mass is 10.0. The van der Waals surface area contributed by atoms with Gasteiger partial charge in [0.1, 0.15) is 12.1 Å². The van der Waals surface area contributed by atoms with Crippen molar-refractivity contribution in [3.8, 4) is 0 Å². The zero-order valence-electron chi connectivity index (χ0n) is 12.2. The van der Waals surface area contributed by atoms with Gasteiger partial charge in [0.2, 0.25) is 0 Å². The third-order valence-corrected chi connectivity index (χ3v) is 5.29. The van der Waals surface area contributed by atoms with Gasteiger partial charge in [-0.3, -0.25) is 4.99 Å². The summed E-state index contributed by atoms with van der Waals surface area (Å²) >= 11 is 0. The molecule has 2 aliphatic rings. The van der Waals surface area contributed by atoms with Gasteiger partial charge in [-0.1, -0.05) is 0 Å². The zero-order valence-corrected chi connectivity index (χ0v) is 13.0. The summed E-state index contributed by atoms with van der Waals surface area (Å²) in [6.07, 6.45) is 3.22. The molecule has 0 bridgehead atoms. The fourth-order valence-corrected chi connectivity index (χ4v) is 3.90. The van der Waals surface area contributed by atoms with Crippen molar-refractivity contribution in [2.45, 2.75) is 44.5 Å². The van der Waals surface area contributed by atoms with Crippen LogP contribution < -0.4 is 4.72 Å². The van der Waals surface area contributed by atoms with Gasteiger partial charge in [-0.15, -0.1) is 0 Å². The normalized spacial score (nSPS) is 26.0. The number of nitrogens with one attached hydrogen (secondary N) is 1. The summed E-state index contributed by atoms with van der Waals surface area (Å²) in [5.74, 6) is 0.931. The highest BCUT2D eigenvalue weighted by atomic mass is 32.2. The van der Waals surface area contributed by atoms with Crippen molar-refractivity contribution in [1.29, 1.82) is 0 Å². The van der Waals surface area contributed by atoms with Gasteiger partial charge in [0.25, 0.3) is 10.0 Å². The van der Waals surface area contributed by atoms with Gasteiger partial charge < -0.3 is 9.32 Å². The summed E-state index contributed by atoms with van der Waals surface area (Å²) in [5.41, 5.74) is 2.36. The lowest BCUT2D eigenvalue weighted by molar-refractivity contribution is 0.421. The van der Waals surface area contributed by atoms with Crippen LogP contribution in [0.1, 0.15) is 27.2 Å². The van der Waals surface area contributed by atoms with E-state index in [1.807, 2.05) is 20.8 Å². The van der Waals surface area contributed by atoms with Gasteiger partial charge in [0, 0.05) is 24.7 Å². The first-order chi connectivity index (χ1) is 9.88. The quantitative estimate of drug-likeness (QED) is 0.904. The van der Waals surface area contributed by atoms with Gasteiger partial charge in [-0.05, 0) is 26.3 Å². The Balaban J connectivity index is 1.81. The minimum absolute atomic E-state index is 0.151. The number of amidine groups is 1. The number of hydrogen-bond donors (Lipinski definition) is 1. The number of aromatic nitrogens is 1. The number of oxazole rings is 1. The molecular formula is C13H18N4O3S. The van der Waals surface area contributed by atoms with Crippen LogP contribution in [0, 0.1) is 0 Å². The largest absolute Gasteiger partial charge is 0.436 e. The molecule has 1 saturated heterocycles. The van der Waals surface area contributed by atoms with Gasteiger partial charge in [-0.2, -0.15) is 0 Å². The van der Waals surface area contributed by atoms with E-state index in [2.05, 4.69) is 19.6 Å². The Morgan fingerprint density at radius 1 is 1.43 bits per heavy atom. The molecule has 3 rings (SSSR count). The first-order valence-corrected chi connectivity index (χ1v) is 8.30. The average Bonchev–Trinajstić information content (AvgIpc) is 3.04. The molecule has 8 heteroatoms. The van der Waals surface area contributed by atoms with Crippen LogP contribution >= 0.6 is 0 Å². The smallest absolute Gasteiger partial charge is 0.330 e. The second-order valence-electron chi connectivity index (χ2n) is 5.41. The van der Waals surface area contributed by atoms with Gasteiger partial charge in [0.15, 0.2) is 0 Å². The fraction of sp³-hybridized carbons (Fsp3) is 0.538. The van der Waals surface area contributed by atoms with Crippen molar-refractivity contribution in [2.24, 2.45) is 4.99 Å². The molecule has 7 nitrogen and oxygen atoms in total. The first kappa shape index (κ1) is 14.3. The van der Waals surface area contributed by atoms with E-state index in [4.69, 9.17) is 4.42 Å². The van der Waals surface area contributed by atoms with Crippen molar-refractivity contribution >= 4 is 15.9 Å². The van der Waals surface area contributed by atoms with Crippen LogP contribution in [-0.2, 0) is 10.0 Å². The summed E-state index contributed by atoms with van der Waals surface area (Å²) in [6, 6.07) is -0.0550. The maximum Gasteiger partial charge on any atom is 0.330 e. The number of nitrogens with zero attached hydrogens (tertiary/aromatic N) is 3. The second kappa shape index (κ2) is 4.96. The molecule has 0 aliphatic carbocycles. The second-order valence-corrected chi connectivity index (χ2v) is 7.00. The Labute approximate surface area is 123 Å². The van der Waals surface area contributed by atoms with E-state index in [1.165, 1.54) is 18.0 Å². The monoisotopic (exact) mass is 310 g/mol. The summed E-state index contributed by atoms with van der Waals surface area (Å²) < 4.78 is 31.8. The van der Waals surface area contributed by atoms with Crippen LogP contribution in [0.2, 0.25) is 0 Å². The van der Waals surface area contributed by atoms with Crippen LogP contribution in [0.25, 0.3) is 0 Å². The predicted octanol–water partition coefficient (Wildman–Crippen LogP) is 1.12. The van der Waals surface area contributed by atoms with E-state index in [0.717, 1.165) is 11.5 Å². The molecule has 0 spiro atoms. The maximum atomic E-state index is 12.2. The minimum atomic E-state index is -3.71. The van der Waals surface area contributed by atoms with Gasteiger partial charge >= 0.3 is 5.22 Å². The maximum absolute atomic E-state index is 12.2. The Kier molecular flexibility index (Phi) is 3.37. The first-order valence-electron chi connectivity index (χ1n) is 6.82. The molecule has 1 fully saturated rings. The van der Waals surface area contributed by atoms with E-state index in [1.54, 1.807) is 0 Å². The van der Waals surface area contributed by atoms with E-state index in [9.17, 15) is 8.42 Å². The Bertz CT molecular complexity index is 706. The molecular weight excluding hydrogens is 292 g/mol. The van der Waals surface area contributed by atoms with E-state index >= 15 is 0 Å². The van der Waals surface area contributed by atoms with Gasteiger partial charge in [-0.25, -0.2) is 18.1 Å². The number of sulfonamides is 1. The van der Waals surface area contributed by atoms with Crippen molar-refractivity contribution in [1.82, 2.24) is 14.6 Å². The van der Waals surface area contributed by atoms with Crippen LogP contribution in [0.3, 0.4) is 0 Å². The van der Waals surface area contributed by atoms with Crippen LogP contribution in [-0.4, -0.2) is 42.8 Å². The highest BCUT2D eigenvalue weighted by Crippen LogP contribution is 2.31.